The number of hydrogen-bond acceptors (Lipinski definition) is 3. The number of aliphatic hydroxyl groups is 1. The lowest BCUT2D eigenvalue weighted by Crippen LogP contribution is -2.48. The first-order valence-corrected chi connectivity index (χ1v) is 6.39. The van der Waals surface area contributed by atoms with Crippen molar-refractivity contribution >= 4 is 11.6 Å². The molecule has 1 fully saturated rings. The molecule has 0 radical (unpaired) electrons. The van der Waals surface area contributed by atoms with Gasteiger partial charge >= 0.3 is 0 Å². The molecule has 1 saturated heterocycles. The Hall–Kier alpha value is -0.610. The first kappa shape index (κ1) is 12.8. The van der Waals surface area contributed by atoms with Gasteiger partial charge in [-0.3, -0.25) is 4.90 Å². The van der Waals surface area contributed by atoms with Gasteiger partial charge in [0.15, 0.2) is 0 Å². The molecule has 0 atom stereocenters. The fourth-order valence-electron chi connectivity index (χ4n) is 2.20. The molecule has 1 aliphatic heterocycles. The molecule has 3 N–H and O–H groups in total. The van der Waals surface area contributed by atoms with E-state index in [-0.39, 0.29) is 0 Å². The number of nitrogens with two attached hydrogens (primary N) is 1. The predicted octanol–water partition coefficient (Wildman–Crippen LogP) is 1.63. The Bertz CT molecular complexity index is 375. The number of likely N-dealkylation sites (tertiary alicyclic amines) is 1. The maximum absolute atomic E-state index is 10.0. The maximum Gasteiger partial charge on any atom is 0.0793 e. The summed E-state index contributed by atoms with van der Waals surface area (Å²) >= 11 is 6.13. The Kier molecular flexibility index (Phi) is 4.05. The fraction of sp³-hybridized carbons (Fsp3) is 0.538. The van der Waals surface area contributed by atoms with E-state index in [1.807, 2.05) is 24.3 Å². The minimum atomic E-state index is -0.656. The Balaban J connectivity index is 1.93. The number of benzene rings is 1. The number of nitrogens with zero attached hydrogens (tertiary/aromatic N) is 1. The van der Waals surface area contributed by atoms with Crippen LogP contribution >= 0.6 is 11.6 Å². The largest absolute Gasteiger partial charge is 0.388 e. The molecule has 1 aliphatic rings. The van der Waals surface area contributed by atoms with Crippen molar-refractivity contribution in [1.29, 1.82) is 0 Å². The van der Waals surface area contributed by atoms with Crippen LogP contribution in [0.5, 0.6) is 0 Å². The van der Waals surface area contributed by atoms with Gasteiger partial charge in [0.25, 0.3) is 0 Å². The molecule has 0 saturated carbocycles. The maximum atomic E-state index is 10.0. The minimum absolute atomic E-state index is 0.354. The number of halogens is 1. The summed E-state index contributed by atoms with van der Waals surface area (Å²) in [5.74, 6) is 0. The quantitative estimate of drug-likeness (QED) is 0.862. The fourth-order valence-corrected chi connectivity index (χ4v) is 2.39. The van der Waals surface area contributed by atoms with Crippen LogP contribution < -0.4 is 5.73 Å². The van der Waals surface area contributed by atoms with E-state index in [1.54, 1.807) is 0 Å². The molecule has 0 aromatic heterocycles. The number of piperidine rings is 1. The Morgan fingerprint density at radius 2 is 1.94 bits per heavy atom. The van der Waals surface area contributed by atoms with Crippen molar-refractivity contribution in [3.05, 3.63) is 34.9 Å². The van der Waals surface area contributed by atoms with Gasteiger partial charge in [0.1, 0.15) is 0 Å². The van der Waals surface area contributed by atoms with Crippen LogP contribution in [0.4, 0.5) is 0 Å². The molecule has 3 nitrogen and oxygen atoms in total. The van der Waals surface area contributed by atoms with Crippen LogP contribution in [0.2, 0.25) is 5.02 Å². The van der Waals surface area contributed by atoms with Gasteiger partial charge in [0.2, 0.25) is 0 Å². The second-order valence-electron chi connectivity index (χ2n) is 4.80. The van der Waals surface area contributed by atoms with E-state index >= 15 is 0 Å². The summed E-state index contributed by atoms with van der Waals surface area (Å²) in [6.45, 7) is 2.95. The van der Waals surface area contributed by atoms with Gasteiger partial charge in [-0.15, -0.1) is 0 Å². The molecule has 0 aliphatic carbocycles. The highest BCUT2D eigenvalue weighted by molar-refractivity contribution is 6.31. The zero-order valence-electron chi connectivity index (χ0n) is 9.90. The standard InChI is InChI=1S/C13H19ClN2O/c14-12-4-2-1-3-11(12)9-16-7-5-13(17,10-15)6-8-16/h1-4,17H,5-10,15H2. The SMILES string of the molecule is NCC1(O)CCN(Cc2ccccc2Cl)CC1. The van der Waals surface area contributed by atoms with E-state index < -0.39 is 5.60 Å². The normalized spacial score (nSPS) is 20.4. The average Bonchev–Trinajstić information content (AvgIpc) is 2.35. The zero-order valence-corrected chi connectivity index (χ0v) is 10.7. The first-order chi connectivity index (χ1) is 8.13. The van der Waals surface area contributed by atoms with Crippen LogP contribution in [-0.4, -0.2) is 35.2 Å². The van der Waals surface area contributed by atoms with Crippen molar-refractivity contribution < 1.29 is 5.11 Å². The topological polar surface area (TPSA) is 49.5 Å². The van der Waals surface area contributed by atoms with Crippen molar-refractivity contribution in [1.82, 2.24) is 4.90 Å². The van der Waals surface area contributed by atoms with Gasteiger partial charge in [-0.25, -0.2) is 0 Å². The number of rotatable bonds is 3. The summed E-state index contributed by atoms with van der Waals surface area (Å²) in [6.07, 6.45) is 1.49. The Morgan fingerprint density at radius 1 is 1.29 bits per heavy atom. The second-order valence-corrected chi connectivity index (χ2v) is 5.20. The summed E-state index contributed by atoms with van der Waals surface area (Å²) in [5.41, 5.74) is 6.06. The first-order valence-electron chi connectivity index (χ1n) is 6.01. The molecule has 0 amide bonds. The smallest absolute Gasteiger partial charge is 0.0793 e. The molecule has 4 heteroatoms. The van der Waals surface area contributed by atoms with Gasteiger partial charge in [-0.05, 0) is 24.5 Å². The Labute approximate surface area is 107 Å². The third-order valence-corrected chi connectivity index (χ3v) is 3.89. The lowest BCUT2D eigenvalue weighted by atomic mass is 9.91. The zero-order chi connectivity index (χ0) is 12.3. The van der Waals surface area contributed by atoms with Gasteiger partial charge in [-0.2, -0.15) is 0 Å². The van der Waals surface area contributed by atoms with Crippen molar-refractivity contribution in [2.24, 2.45) is 5.73 Å². The summed E-state index contributed by atoms with van der Waals surface area (Å²) < 4.78 is 0. The molecule has 0 spiro atoms. The highest BCUT2D eigenvalue weighted by atomic mass is 35.5. The van der Waals surface area contributed by atoms with Crippen molar-refractivity contribution in [2.75, 3.05) is 19.6 Å². The molecule has 94 valence electrons. The second kappa shape index (κ2) is 5.36. The van der Waals surface area contributed by atoms with Crippen LogP contribution in [0, 0.1) is 0 Å². The monoisotopic (exact) mass is 254 g/mol. The van der Waals surface area contributed by atoms with Crippen LogP contribution in [0.15, 0.2) is 24.3 Å². The lowest BCUT2D eigenvalue weighted by molar-refractivity contribution is -0.0153. The third-order valence-electron chi connectivity index (χ3n) is 3.52. The average molecular weight is 255 g/mol. The third kappa shape index (κ3) is 3.19. The van der Waals surface area contributed by atoms with Crippen LogP contribution in [-0.2, 0) is 6.54 Å². The molecular weight excluding hydrogens is 236 g/mol. The van der Waals surface area contributed by atoms with E-state index in [9.17, 15) is 5.11 Å². The van der Waals surface area contributed by atoms with E-state index in [0.29, 0.717) is 6.54 Å². The van der Waals surface area contributed by atoms with Gasteiger partial charge < -0.3 is 10.8 Å². The van der Waals surface area contributed by atoms with Gasteiger partial charge in [-0.1, -0.05) is 29.8 Å². The Morgan fingerprint density at radius 3 is 2.53 bits per heavy atom. The van der Waals surface area contributed by atoms with Crippen molar-refractivity contribution in [3.8, 4) is 0 Å². The van der Waals surface area contributed by atoms with Crippen LogP contribution in [0.3, 0.4) is 0 Å². The van der Waals surface area contributed by atoms with Crippen molar-refractivity contribution in [2.45, 2.75) is 25.0 Å². The minimum Gasteiger partial charge on any atom is -0.388 e. The highest BCUT2D eigenvalue weighted by Gasteiger charge is 2.30. The molecular formula is C13H19ClN2O. The van der Waals surface area contributed by atoms with Crippen LogP contribution in [0.25, 0.3) is 0 Å². The summed E-state index contributed by atoms with van der Waals surface area (Å²) in [4.78, 5) is 2.31. The lowest BCUT2D eigenvalue weighted by Gasteiger charge is -2.37. The van der Waals surface area contributed by atoms with E-state index in [4.69, 9.17) is 17.3 Å². The summed E-state index contributed by atoms with van der Waals surface area (Å²) in [5, 5.41) is 10.9. The summed E-state index contributed by atoms with van der Waals surface area (Å²) in [7, 11) is 0. The molecule has 0 bridgehead atoms. The molecule has 1 aromatic rings. The molecule has 1 aromatic carbocycles. The van der Waals surface area contributed by atoms with E-state index in [1.165, 1.54) is 0 Å². The van der Waals surface area contributed by atoms with Crippen LogP contribution in [0.1, 0.15) is 18.4 Å². The molecule has 17 heavy (non-hydrogen) atoms. The predicted molar refractivity (Wildman–Crippen MR) is 70.0 cm³/mol. The van der Waals surface area contributed by atoms with E-state index in [2.05, 4.69) is 4.90 Å². The molecule has 1 heterocycles. The molecule has 2 rings (SSSR count). The van der Waals surface area contributed by atoms with Crippen molar-refractivity contribution in [3.63, 3.8) is 0 Å². The molecule has 0 unspecified atom stereocenters. The van der Waals surface area contributed by atoms with E-state index in [0.717, 1.165) is 43.1 Å². The number of hydrogen-bond donors (Lipinski definition) is 2. The summed E-state index contributed by atoms with van der Waals surface area (Å²) in [6, 6.07) is 7.90. The highest BCUT2D eigenvalue weighted by Crippen LogP contribution is 2.24. The van der Waals surface area contributed by atoms with Gasteiger partial charge in [0, 0.05) is 31.2 Å². The van der Waals surface area contributed by atoms with Gasteiger partial charge in [0.05, 0.1) is 5.60 Å².